The minimum atomic E-state index is -5.15. The van der Waals surface area contributed by atoms with Crippen molar-refractivity contribution in [1.82, 2.24) is 19.7 Å². The van der Waals surface area contributed by atoms with Gasteiger partial charge < -0.3 is 10.0 Å². The maximum Gasteiger partial charge on any atom is 0.433 e. The van der Waals surface area contributed by atoms with Crippen molar-refractivity contribution in [3.63, 3.8) is 0 Å². The van der Waals surface area contributed by atoms with Crippen molar-refractivity contribution >= 4 is 40.9 Å². The first-order valence-electron chi connectivity index (χ1n) is 12.5. The first-order chi connectivity index (χ1) is 18.9. The number of ketones is 1. The number of pyridine rings is 1. The third-order valence-corrected chi connectivity index (χ3v) is 8.49. The van der Waals surface area contributed by atoms with E-state index in [1.54, 1.807) is 0 Å². The molecule has 16 heteroatoms. The number of carbonyl (C=O) groups is 3. The topological polar surface area (TPSA) is 105 Å². The highest BCUT2D eigenvalue weighted by molar-refractivity contribution is 6.39. The van der Waals surface area contributed by atoms with Crippen LogP contribution < -0.4 is 0 Å². The lowest BCUT2D eigenvalue weighted by atomic mass is 9.74. The number of halogens is 8. The Bertz CT molecular complexity index is 1340. The number of Topliss-reactive ketones (excluding diaryl/α,β-unsaturated/α-hetero) is 1. The van der Waals surface area contributed by atoms with E-state index >= 15 is 0 Å². The van der Waals surface area contributed by atoms with Crippen LogP contribution in [0.4, 0.5) is 26.3 Å². The van der Waals surface area contributed by atoms with Crippen molar-refractivity contribution in [1.29, 1.82) is 0 Å². The molecule has 0 aromatic carbocycles. The number of carboxylic acid groups (broad SMARTS) is 1. The van der Waals surface area contributed by atoms with E-state index in [1.165, 1.54) is 6.92 Å². The Labute approximate surface area is 239 Å². The van der Waals surface area contributed by atoms with Gasteiger partial charge in [0.2, 0.25) is 0 Å². The van der Waals surface area contributed by atoms with Crippen LogP contribution in [-0.2, 0) is 11.0 Å². The van der Waals surface area contributed by atoms with Crippen LogP contribution in [0.5, 0.6) is 0 Å². The van der Waals surface area contributed by atoms with E-state index in [0.29, 0.717) is 15.8 Å². The number of amides is 1. The van der Waals surface area contributed by atoms with Crippen LogP contribution in [0.2, 0.25) is 10.0 Å². The lowest BCUT2D eigenvalue weighted by Gasteiger charge is -2.34. The summed E-state index contributed by atoms with van der Waals surface area (Å²) in [6.45, 7) is -0.619. The highest BCUT2D eigenvalue weighted by Gasteiger charge is 2.64. The normalized spacial score (nSPS) is 22.3. The molecule has 2 aromatic rings. The molecule has 0 spiro atoms. The molecule has 2 heterocycles. The zero-order valence-corrected chi connectivity index (χ0v) is 23.0. The Hall–Kier alpha value is -2.87. The van der Waals surface area contributed by atoms with E-state index in [9.17, 15) is 45.8 Å². The van der Waals surface area contributed by atoms with Crippen LogP contribution in [0.15, 0.2) is 18.6 Å². The molecule has 0 radical (unpaired) electrons. The first-order valence-corrected chi connectivity index (χ1v) is 13.2. The number of carboxylic acids is 1. The number of alkyl halides is 6. The van der Waals surface area contributed by atoms with E-state index in [1.807, 2.05) is 0 Å². The van der Waals surface area contributed by atoms with Crippen LogP contribution in [0.3, 0.4) is 0 Å². The fourth-order valence-corrected chi connectivity index (χ4v) is 5.70. The predicted molar refractivity (Wildman–Crippen MR) is 133 cm³/mol. The third-order valence-electron chi connectivity index (χ3n) is 7.92. The predicted octanol–water partition coefficient (Wildman–Crippen LogP) is 6.48. The van der Waals surface area contributed by atoms with Gasteiger partial charge in [-0.25, -0.2) is 0 Å². The summed E-state index contributed by atoms with van der Waals surface area (Å²) in [5.74, 6) is -3.55. The van der Waals surface area contributed by atoms with E-state index in [-0.39, 0.29) is 54.1 Å². The van der Waals surface area contributed by atoms with E-state index in [0.717, 1.165) is 12.4 Å². The van der Waals surface area contributed by atoms with E-state index < -0.39 is 71.2 Å². The van der Waals surface area contributed by atoms with Crippen LogP contribution >= 0.6 is 23.2 Å². The van der Waals surface area contributed by atoms with Crippen LogP contribution in [0, 0.1) is 10.8 Å². The molecular formula is C25H24Cl2F6N4O4. The zero-order chi connectivity index (χ0) is 30.5. The Balaban J connectivity index is 1.71. The summed E-state index contributed by atoms with van der Waals surface area (Å²) in [5, 5.41) is 12.7. The average molecular weight is 629 g/mol. The van der Waals surface area contributed by atoms with Crippen molar-refractivity contribution in [2.75, 3.05) is 13.1 Å². The molecule has 4 rings (SSSR count). The van der Waals surface area contributed by atoms with Gasteiger partial charge in [-0.15, -0.1) is 0 Å². The second-order valence-corrected chi connectivity index (χ2v) is 11.6. The summed E-state index contributed by atoms with van der Waals surface area (Å²) in [6, 6.07) is -0.907. The summed E-state index contributed by atoms with van der Waals surface area (Å²) in [7, 11) is 0. The van der Waals surface area contributed by atoms with Crippen molar-refractivity contribution in [3.8, 4) is 0 Å². The number of aromatic nitrogens is 3. The first kappa shape index (κ1) is 31.1. The molecule has 1 amide bonds. The molecule has 0 bridgehead atoms. The monoisotopic (exact) mass is 628 g/mol. The number of hydrogen-bond donors (Lipinski definition) is 1. The highest BCUT2D eigenvalue weighted by Crippen LogP contribution is 2.58. The molecule has 2 fully saturated rings. The van der Waals surface area contributed by atoms with Gasteiger partial charge in [0.05, 0.1) is 50.8 Å². The van der Waals surface area contributed by atoms with Gasteiger partial charge in [0, 0.05) is 18.9 Å². The highest BCUT2D eigenvalue weighted by atomic mass is 35.5. The van der Waals surface area contributed by atoms with E-state index in [4.69, 9.17) is 23.2 Å². The molecule has 2 aromatic heterocycles. The summed E-state index contributed by atoms with van der Waals surface area (Å²) in [4.78, 5) is 42.3. The third kappa shape index (κ3) is 6.04. The Morgan fingerprint density at radius 3 is 2.05 bits per heavy atom. The van der Waals surface area contributed by atoms with E-state index in [2.05, 4.69) is 10.1 Å². The molecule has 8 nitrogen and oxygen atoms in total. The molecule has 1 N–H and O–H groups in total. The fraction of sp³-hybridized carbons (Fsp3) is 0.560. The summed E-state index contributed by atoms with van der Waals surface area (Å²) >= 11 is 12.0. The molecule has 0 saturated heterocycles. The standard InChI is InChI=1S/C25H24Cl2F6N4O4/c1-22(21(40)41)4-2-13(3-5-22)37-19(24(28,29)30)14(8-35-37)20(39)36(12-23(6-7-23)25(31,32)33)11-17(38)18-15(26)9-34-10-16(18)27/h8-10,13H,2-7,11-12H2,1H3,(H,40,41)/t13-,22-. The maximum atomic E-state index is 14.4. The second kappa shape index (κ2) is 10.8. The molecular weight excluding hydrogens is 605 g/mol. The largest absolute Gasteiger partial charge is 0.481 e. The minimum Gasteiger partial charge on any atom is -0.481 e. The van der Waals surface area contributed by atoms with Gasteiger partial charge >= 0.3 is 18.3 Å². The molecule has 2 aliphatic carbocycles. The Morgan fingerprint density at radius 2 is 1.59 bits per heavy atom. The molecule has 0 aliphatic heterocycles. The van der Waals surface area contributed by atoms with Crippen molar-refractivity contribution in [2.45, 2.75) is 63.8 Å². The van der Waals surface area contributed by atoms with Gasteiger partial charge in [0.1, 0.15) is 0 Å². The average Bonchev–Trinajstić information content (AvgIpc) is 3.52. The van der Waals surface area contributed by atoms with Gasteiger partial charge in [-0.05, 0) is 45.4 Å². The van der Waals surface area contributed by atoms with Crippen molar-refractivity contribution in [2.24, 2.45) is 10.8 Å². The molecule has 41 heavy (non-hydrogen) atoms. The Kier molecular flexibility index (Phi) is 8.15. The number of rotatable bonds is 8. The van der Waals surface area contributed by atoms with Gasteiger partial charge in [0.25, 0.3) is 5.91 Å². The molecule has 0 unspecified atom stereocenters. The molecule has 2 aliphatic rings. The summed E-state index contributed by atoms with van der Waals surface area (Å²) < 4.78 is 85.2. The number of carbonyl (C=O) groups excluding carboxylic acids is 2. The second-order valence-electron chi connectivity index (χ2n) is 10.8. The number of hydrogen-bond acceptors (Lipinski definition) is 5. The van der Waals surface area contributed by atoms with Crippen molar-refractivity contribution in [3.05, 3.63) is 45.5 Å². The quantitative estimate of drug-likeness (QED) is 0.265. The van der Waals surface area contributed by atoms with Crippen molar-refractivity contribution < 1.29 is 45.8 Å². The number of aliphatic carboxylic acids is 1. The van der Waals surface area contributed by atoms with Gasteiger partial charge in [-0.2, -0.15) is 31.4 Å². The van der Waals surface area contributed by atoms with Crippen LogP contribution in [0.1, 0.15) is 77.9 Å². The van der Waals surface area contributed by atoms with Gasteiger partial charge in [-0.3, -0.25) is 24.0 Å². The van der Waals surface area contributed by atoms with Crippen LogP contribution in [0.25, 0.3) is 0 Å². The zero-order valence-electron chi connectivity index (χ0n) is 21.5. The minimum absolute atomic E-state index is 0.0135. The molecule has 224 valence electrons. The summed E-state index contributed by atoms with van der Waals surface area (Å²) in [5.41, 5.74) is -6.37. The smallest absolute Gasteiger partial charge is 0.433 e. The maximum absolute atomic E-state index is 14.4. The molecule has 0 atom stereocenters. The lowest BCUT2D eigenvalue weighted by Crippen LogP contribution is -2.44. The number of nitrogens with zero attached hydrogens (tertiary/aromatic N) is 4. The SMILES string of the molecule is C[C@]1(C(=O)O)CC[C@H](n2ncc(C(=O)N(CC(=O)c3c(Cl)cncc3Cl)CC3(C(F)(F)F)CC3)c2C(F)(F)F)CC1. The Morgan fingerprint density at radius 1 is 1.02 bits per heavy atom. The fourth-order valence-electron chi connectivity index (χ4n) is 5.12. The lowest BCUT2D eigenvalue weighted by molar-refractivity contribution is -0.189. The van der Waals surface area contributed by atoms with Crippen LogP contribution in [-0.4, -0.2) is 61.7 Å². The summed E-state index contributed by atoms with van der Waals surface area (Å²) in [6.07, 6.45) is -7.83. The molecule has 2 saturated carbocycles. The van der Waals surface area contributed by atoms with Gasteiger partial charge in [0.15, 0.2) is 11.5 Å². The van der Waals surface area contributed by atoms with Gasteiger partial charge in [-0.1, -0.05) is 23.2 Å².